The summed E-state index contributed by atoms with van der Waals surface area (Å²) in [6, 6.07) is 11.6. The van der Waals surface area contributed by atoms with Crippen LogP contribution in [-0.2, 0) is 10.2 Å². The Balaban J connectivity index is 1.35. The molecule has 1 amide bonds. The van der Waals surface area contributed by atoms with Crippen LogP contribution < -0.4 is 20.7 Å². The van der Waals surface area contributed by atoms with Crippen LogP contribution in [0.5, 0.6) is 5.75 Å². The molecule has 10 heteroatoms. The summed E-state index contributed by atoms with van der Waals surface area (Å²) in [5.41, 5.74) is 3.50. The van der Waals surface area contributed by atoms with Crippen molar-refractivity contribution in [1.82, 2.24) is 20.3 Å². The highest BCUT2D eigenvalue weighted by atomic mass is 16.5. The van der Waals surface area contributed by atoms with Crippen LogP contribution in [0.1, 0.15) is 48.5 Å². The Bertz CT molecular complexity index is 1370. The predicted octanol–water partition coefficient (Wildman–Crippen LogP) is 4.19. The van der Waals surface area contributed by atoms with Crippen LogP contribution in [0, 0.1) is 11.3 Å². The molecular formula is C28H31N7O3. The zero-order valence-electron chi connectivity index (χ0n) is 21.6. The van der Waals surface area contributed by atoms with Crippen molar-refractivity contribution in [3.8, 4) is 23.1 Å². The fourth-order valence-corrected chi connectivity index (χ4v) is 4.99. The van der Waals surface area contributed by atoms with Gasteiger partial charge in [0.15, 0.2) is 0 Å². The lowest BCUT2D eigenvalue weighted by molar-refractivity contribution is 0.0696. The van der Waals surface area contributed by atoms with Crippen LogP contribution in [-0.4, -0.2) is 53.8 Å². The highest BCUT2D eigenvalue weighted by Gasteiger charge is 2.38. The van der Waals surface area contributed by atoms with Crippen molar-refractivity contribution in [2.24, 2.45) is 0 Å². The average Bonchev–Trinajstić information content (AvgIpc) is 3.32. The summed E-state index contributed by atoms with van der Waals surface area (Å²) in [5, 5.41) is 19.0. The fraction of sp³-hybridized carbons (Fsp3) is 0.393. The van der Waals surface area contributed by atoms with Crippen molar-refractivity contribution < 1.29 is 14.3 Å². The van der Waals surface area contributed by atoms with Gasteiger partial charge in [0.25, 0.3) is 5.91 Å². The highest BCUT2D eigenvalue weighted by molar-refractivity contribution is 5.95. The molecular weight excluding hydrogens is 482 g/mol. The van der Waals surface area contributed by atoms with Crippen molar-refractivity contribution in [2.45, 2.75) is 44.1 Å². The number of carbonyl (C=O) groups excluding carboxylic acids is 1. The molecule has 0 saturated carbocycles. The Labute approximate surface area is 221 Å². The number of hydrogen-bond acceptors (Lipinski definition) is 9. The molecule has 10 nitrogen and oxygen atoms in total. The number of nitrogens with zero attached hydrogens (tertiary/aromatic N) is 4. The van der Waals surface area contributed by atoms with Gasteiger partial charge in [-0.2, -0.15) is 5.26 Å². The number of pyridine rings is 1. The van der Waals surface area contributed by atoms with Crippen LogP contribution in [0.2, 0.25) is 0 Å². The minimum atomic E-state index is -0.257. The standard InChI is InChI=1S/C28H31N7O3/c1-3-28(9-10-29)17-32-25-21(28)14-19(16-31-25)22-6-11-30-27(34-22)35-23-5-4-18(15-24(23)37-2)26(36)33-20-7-12-38-13-8-20/h4-6,11,14-16,20H,3,7-9,12-13,17H2,1-2H3,(H,31,32)(H,33,36)(H,30,34,35). The molecule has 3 N–H and O–H groups in total. The zero-order valence-corrected chi connectivity index (χ0v) is 21.6. The van der Waals surface area contributed by atoms with Crippen molar-refractivity contribution in [1.29, 1.82) is 5.26 Å². The van der Waals surface area contributed by atoms with Gasteiger partial charge in [0, 0.05) is 66.7 Å². The second-order valence-corrected chi connectivity index (χ2v) is 9.61. The zero-order chi connectivity index (χ0) is 26.5. The molecule has 1 unspecified atom stereocenters. The maximum atomic E-state index is 12.8. The summed E-state index contributed by atoms with van der Waals surface area (Å²) in [4.78, 5) is 26.4. The number of ether oxygens (including phenoxy) is 2. The molecule has 1 aromatic carbocycles. The third kappa shape index (κ3) is 5.10. The van der Waals surface area contributed by atoms with E-state index in [9.17, 15) is 10.1 Å². The molecule has 1 fully saturated rings. The minimum absolute atomic E-state index is 0.114. The minimum Gasteiger partial charge on any atom is -0.495 e. The first-order chi connectivity index (χ1) is 18.5. The Morgan fingerprint density at radius 1 is 1.26 bits per heavy atom. The molecule has 2 aliphatic heterocycles. The van der Waals surface area contributed by atoms with Crippen molar-refractivity contribution in [3.63, 3.8) is 0 Å². The normalized spacial score (nSPS) is 18.7. The van der Waals surface area contributed by atoms with Crippen LogP contribution in [0.15, 0.2) is 42.7 Å². The Kier molecular flexibility index (Phi) is 7.38. The van der Waals surface area contributed by atoms with E-state index in [-0.39, 0.29) is 17.4 Å². The first-order valence-electron chi connectivity index (χ1n) is 12.8. The van der Waals surface area contributed by atoms with Crippen molar-refractivity contribution >= 4 is 23.4 Å². The van der Waals surface area contributed by atoms with Gasteiger partial charge in [0.2, 0.25) is 5.95 Å². The second kappa shape index (κ2) is 11.0. The topological polar surface area (TPSA) is 134 Å². The molecule has 0 bridgehead atoms. The van der Waals surface area contributed by atoms with E-state index in [2.05, 4.69) is 45.0 Å². The van der Waals surface area contributed by atoms with Crippen LogP contribution in [0.25, 0.3) is 11.3 Å². The van der Waals surface area contributed by atoms with E-state index in [1.807, 2.05) is 6.07 Å². The highest BCUT2D eigenvalue weighted by Crippen LogP contribution is 2.42. The molecule has 196 valence electrons. The van der Waals surface area contributed by atoms with E-state index in [1.54, 1.807) is 37.7 Å². The van der Waals surface area contributed by atoms with Crippen LogP contribution >= 0.6 is 0 Å². The summed E-state index contributed by atoms with van der Waals surface area (Å²) >= 11 is 0. The summed E-state index contributed by atoms with van der Waals surface area (Å²) in [6.45, 7) is 4.12. The first-order valence-corrected chi connectivity index (χ1v) is 12.8. The maximum Gasteiger partial charge on any atom is 0.251 e. The van der Waals surface area contributed by atoms with E-state index in [1.165, 1.54) is 0 Å². The number of benzene rings is 1. The number of rotatable bonds is 8. The number of amides is 1. The maximum absolute atomic E-state index is 12.8. The van der Waals surface area contributed by atoms with Gasteiger partial charge in [-0.3, -0.25) is 4.79 Å². The van der Waals surface area contributed by atoms with E-state index in [4.69, 9.17) is 14.5 Å². The predicted molar refractivity (Wildman–Crippen MR) is 144 cm³/mol. The number of hydrogen-bond donors (Lipinski definition) is 3. The molecule has 2 aliphatic rings. The number of carbonyl (C=O) groups is 1. The molecule has 5 rings (SSSR count). The van der Waals surface area contributed by atoms with Gasteiger partial charge in [-0.25, -0.2) is 15.0 Å². The molecule has 0 spiro atoms. The molecule has 0 aliphatic carbocycles. The van der Waals surface area contributed by atoms with E-state index in [0.29, 0.717) is 54.8 Å². The summed E-state index contributed by atoms with van der Waals surface area (Å²) < 4.78 is 10.9. The molecule has 38 heavy (non-hydrogen) atoms. The quantitative estimate of drug-likeness (QED) is 0.405. The van der Waals surface area contributed by atoms with Crippen LogP contribution in [0.3, 0.4) is 0 Å². The van der Waals surface area contributed by atoms with E-state index in [0.717, 1.165) is 36.2 Å². The number of methoxy groups -OCH3 is 1. The number of fused-ring (bicyclic) bond motifs is 1. The van der Waals surface area contributed by atoms with Gasteiger partial charge >= 0.3 is 0 Å². The number of anilines is 3. The van der Waals surface area contributed by atoms with Crippen molar-refractivity contribution in [2.75, 3.05) is 37.5 Å². The second-order valence-electron chi connectivity index (χ2n) is 9.61. The van der Waals surface area contributed by atoms with Gasteiger partial charge in [0.05, 0.1) is 24.6 Å². The largest absolute Gasteiger partial charge is 0.495 e. The van der Waals surface area contributed by atoms with E-state index >= 15 is 0 Å². The first kappa shape index (κ1) is 25.4. The fourth-order valence-electron chi connectivity index (χ4n) is 4.99. The van der Waals surface area contributed by atoms with Crippen molar-refractivity contribution in [3.05, 3.63) is 53.9 Å². The lowest BCUT2D eigenvalue weighted by Crippen LogP contribution is -2.38. The third-order valence-corrected chi connectivity index (χ3v) is 7.37. The average molecular weight is 514 g/mol. The summed E-state index contributed by atoms with van der Waals surface area (Å²) in [5.74, 6) is 1.58. The Morgan fingerprint density at radius 2 is 2.11 bits per heavy atom. The lowest BCUT2D eigenvalue weighted by atomic mass is 9.77. The molecule has 2 aromatic heterocycles. The molecule has 1 atom stereocenters. The van der Waals surface area contributed by atoms with Gasteiger partial charge in [0.1, 0.15) is 11.6 Å². The molecule has 3 aromatic rings. The van der Waals surface area contributed by atoms with Gasteiger partial charge in [-0.15, -0.1) is 0 Å². The number of nitriles is 1. The number of aromatic nitrogens is 3. The van der Waals surface area contributed by atoms with Crippen LogP contribution in [0.4, 0.5) is 17.5 Å². The molecule has 0 radical (unpaired) electrons. The monoisotopic (exact) mass is 513 g/mol. The summed E-state index contributed by atoms with van der Waals surface area (Å²) in [6.07, 6.45) is 6.34. The smallest absolute Gasteiger partial charge is 0.251 e. The SMILES string of the molecule is CCC1(CC#N)CNc2ncc(-c3ccnc(Nc4ccc(C(=O)NC5CCOCC5)cc4OC)n3)cc21. The molecule has 1 saturated heterocycles. The van der Waals surface area contributed by atoms with E-state index < -0.39 is 0 Å². The Morgan fingerprint density at radius 3 is 2.87 bits per heavy atom. The number of nitrogens with one attached hydrogen (secondary N) is 3. The third-order valence-electron chi connectivity index (χ3n) is 7.37. The summed E-state index contributed by atoms with van der Waals surface area (Å²) in [7, 11) is 1.56. The lowest BCUT2D eigenvalue weighted by Gasteiger charge is -2.24. The Hall–Kier alpha value is -4.23. The molecule has 4 heterocycles. The van der Waals surface area contributed by atoms with Gasteiger partial charge in [-0.05, 0) is 49.6 Å². The van der Waals surface area contributed by atoms with Gasteiger partial charge < -0.3 is 25.4 Å². The van der Waals surface area contributed by atoms with Gasteiger partial charge in [-0.1, -0.05) is 6.92 Å².